The number of aryl methyl sites for hydroxylation is 2. The average Bonchev–Trinajstić information content (AvgIpc) is 3.45. The molecule has 0 aliphatic carbocycles. The zero-order valence-electron chi connectivity index (χ0n) is 20.6. The maximum absolute atomic E-state index is 13.0. The van der Waals surface area contributed by atoms with Gasteiger partial charge in [-0.15, -0.1) is 0 Å². The fraction of sp³-hybridized carbons (Fsp3) is 0.179. The van der Waals surface area contributed by atoms with E-state index in [2.05, 4.69) is 5.32 Å². The van der Waals surface area contributed by atoms with Crippen LogP contribution in [0.5, 0.6) is 17.2 Å². The van der Waals surface area contributed by atoms with Crippen molar-refractivity contribution in [1.29, 1.82) is 0 Å². The summed E-state index contributed by atoms with van der Waals surface area (Å²) in [5.74, 6) is 0.888. The van der Waals surface area contributed by atoms with Crippen LogP contribution in [0.4, 0.5) is 10.5 Å². The summed E-state index contributed by atoms with van der Waals surface area (Å²) in [4.78, 5) is 39.3. The Morgan fingerprint density at radius 3 is 2.58 bits per heavy atom. The average molecular weight is 551 g/mol. The number of carbonyl (C=O) groups excluding carboxylic acids is 3. The van der Waals surface area contributed by atoms with Crippen LogP contribution >= 0.6 is 23.4 Å². The van der Waals surface area contributed by atoms with Crippen molar-refractivity contribution < 1.29 is 28.6 Å². The first kappa shape index (κ1) is 25.7. The predicted molar refractivity (Wildman–Crippen MR) is 146 cm³/mol. The van der Waals surface area contributed by atoms with Crippen molar-refractivity contribution in [3.8, 4) is 17.2 Å². The van der Waals surface area contributed by atoms with E-state index in [0.29, 0.717) is 38.3 Å². The van der Waals surface area contributed by atoms with Crippen molar-refractivity contribution in [2.24, 2.45) is 0 Å². The van der Waals surface area contributed by atoms with E-state index in [9.17, 15) is 14.4 Å². The SMILES string of the molecule is Cc1ccc(C)c(NC(=O)COc2ccc(/C=C3\SC(=O)N(Cc4cc5c(cc4Cl)OCO5)C3=O)cc2)c1. The van der Waals surface area contributed by atoms with Gasteiger partial charge in [-0.2, -0.15) is 0 Å². The molecule has 0 atom stereocenters. The van der Waals surface area contributed by atoms with Gasteiger partial charge >= 0.3 is 0 Å². The van der Waals surface area contributed by atoms with Crippen molar-refractivity contribution in [3.63, 3.8) is 0 Å². The largest absolute Gasteiger partial charge is 0.484 e. The van der Waals surface area contributed by atoms with Crippen LogP contribution in [-0.2, 0) is 16.1 Å². The van der Waals surface area contributed by atoms with Gasteiger partial charge in [-0.05, 0) is 78.2 Å². The molecule has 3 amide bonds. The molecule has 0 bridgehead atoms. The second-order valence-electron chi connectivity index (χ2n) is 8.79. The second kappa shape index (κ2) is 10.8. The van der Waals surface area contributed by atoms with Crippen molar-refractivity contribution in [1.82, 2.24) is 4.90 Å². The highest BCUT2D eigenvalue weighted by atomic mass is 35.5. The third-order valence-electron chi connectivity index (χ3n) is 5.96. The Balaban J connectivity index is 1.19. The molecule has 0 unspecified atom stereocenters. The van der Waals surface area contributed by atoms with E-state index >= 15 is 0 Å². The third-order valence-corrected chi connectivity index (χ3v) is 7.22. The summed E-state index contributed by atoms with van der Waals surface area (Å²) in [6, 6.07) is 16.0. The maximum atomic E-state index is 13.0. The fourth-order valence-electron chi connectivity index (χ4n) is 3.90. The predicted octanol–water partition coefficient (Wildman–Crippen LogP) is 5.94. The van der Waals surface area contributed by atoms with Gasteiger partial charge in [0, 0.05) is 16.8 Å². The Kier molecular flexibility index (Phi) is 7.31. The number of thioether (sulfide) groups is 1. The number of halogens is 1. The Morgan fingerprint density at radius 2 is 1.82 bits per heavy atom. The topological polar surface area (TPSA) is 94.2 Å². The van der Waals surface area contributed by atoms with E-state index in [1.807, 2.05) is 32.0 Å². The van der Waals surface area contributed by atoms with Gasteiger partial charge in [0.05, 0.1) is 11.4 Å². The lowest BCUT2D eigenvalue weighted by atomic mass is 10.1. The van der Waals surface area contributed by atoms with E-state index in [1.54, 1.807) is 42.5 Å². The number of benzene rings is 3. The van der Waals surface area contributed by atoms with Crippen LogP contribution in [0.3, 0.4) is 0 Å². The smallest absolute Gasteiger partial charge is 0.293 e. The Bertz CT molecular complexity index is 1470. The monoisotopic (exact) mass is 550 g/mol. The Hall–Kier alpha value is -3.95. The summed E-state index contributed by atoms with van der Waals surface area (Å²) in [5, 5.41) is 2.86. The van der Waals surface area contributed by atoms with E-state index in [-0.39, 0.29) is 31.1 Å². The molecule has 194 valence electrons. The molecule has 1 fully saturated rings. The molecule has 3 aromatic rings. The molecule has 0 saturated carbocycles. The van der Waals surface area contributed by atoms with Gasteiger partial charge in [0.25, 0.3) is 17.1 Å². The number of hydrogen-bond donors (Lipinski definition) is 1. The van der Waals surface area contributed by atoms with Gasteiger partial charge < -0.3 is 19.5 Å². The fourth-order valence-corrected chi connectivity index (χ4v) is 4.96. The highest BCUT2D eigenvalue weighted by Crippen LogP contribution is 2.39. The van der Waals surface area contributed by atoms with Gasteiger partial charge in [0.2, 0.25) is 6.79 Å². The number of rotatable bonds is 7. The third kappa shape index (κ3) is 5.64. The molecular weight excluding hydrogens is 528 g/mol. The van der Waals surface area contributed by atoms with Crippen LogP contribution in [0.15, 0.2) is 59.5 Å². The van der Waals surface area contributed by atoms with E-state index in [1.165, 1.54) is 0 Å². The quantitative estimate of drug-likeness (QED) is 0.364. The van der Waals surface area contributed by atoms with Crippen LogP contribution in [0.2, 0.25) is 5.02 Å². The summed E-state index contributed by atoms with van der Waals surface area (Å²) in [7, 11) is 0. The summed E-state index contributed by atoms with van der Waals surface area (Å²) in [5.41, 5.74) is 4.07. The number of carbonyl (C=O) groups is 3. The van der Waals surface area contributed by atoms with E-state index in [4.69, 9.17) is 25.8 Å². The number of amides is 3. The number of imide groups is 1. The summed E-state index contributed by atoms with van der Waals surface area (Å²) >= 11 is 7.18. The first-order valence-corrected chi connectivity index (χ1v) is 12.9. The zero-order valence-corrected chi connectivity index (χ0v) is 22.2. The van der Waals surface area contributed by atoms with Crippen LogP contribution < -0.4 is 19.5 Å². The minimum atomic E-state index is -0.405. The molecule has 0 spiro atoms. The van der Waals surface area contributed by atoms with Crippen molar-refractivity contribution in [3.05, 3.63) is 86.8 Å². The van der Waals surface area contributed by atoms with E-state index < -0.39 is 5.91 Å². The molecule has 2 aliphatic heterocycles. The van der Waals surface area contributed by atoms with Gasteiger partial charge in [0.15, 0.2) is 18.1 Å². The number of hydrogen-bond acceptors (Lipinski definition) is 7. The molecule has 8 nitrogen and oxygen atoms in total. The molecule has 2 aliphatic rings. The first-order chi connectivity index (χ1) is 18.3. The molecule has 2 heterocycles. The first-order valence-electron chi connectivity index (χ1n) is 11.7. The van der Waals surface area contributed by atoms with Gasteiger partial charge in [-0.3, -0.25) is 19.3 Å². The van der Waals surface area contributed by atoms with Gasteiger partial charge in [-0.25, -0.2) is 0 Å². The molecule has 0 radical (unpaired) electrons. The number of fused-ring (bicyclic) bond motifs is 1. The van der Waals surface area contributed by atoms with Crippen LogP contribution in [-0.4, -0.2) is 35.4 Å². The lowest BCUT2D eigenvalue weighted by Gasteiger charge is -2.14. The normalized spacial score (nSPS) is 15.3. The maximum Gasteiger partial charge on any atom is 0.293 e. The van der Waals surface area contributed by atoms with E-state index in [0.717, 1.165) is 33.5 Å². The zero-order chi connectivity index (χ0) is 26.8. The van der Waals surface area contributed by atoms with Crippen molar-refractivity contribution in [2.75, 3.05) is 18.7 Å². The molecule has 10 heteroatoms. The van der Waals surface area contributed by atoms with Crippen molar-refractivity contribution in [2.45, 2.75) is 20.4 Å². The number of nitrogens with one attached hydrogen (secondary N) is 1. The molecule has 38 heavy (non-hydrogen) atoms. The molecule has 3 aromatic carbocycles. The number of nitrogens with zero attached hydrogens (tertiary/aromatic N) is 1. The second-order valence-corrected chi connectivity index (χ2v) is 10.2. The lowest BCUT2D eigenvalue weighted by molar-refractivity contribution is -0.123. The Morgan fingerprint density at radius 1 is 1.08 bits per heavy atom. The molecular formula is C28H23ClN2O6S. The van der Waals surface area contributed by atoms with Gasteiger partial charge in [0.1, 0.15) is 5.75 Å². The standard InChI is InChI=1S/C28H23ClN2O6S/c1-16-3-4-17(2)22(9-16)30-26(32)14-35-20-7-5-18(6-8-20)10-25-27(33)31(28(34)38-25)13-19-11-23-24(12-21(19)29)37-15-36-23/h3-12H,13-15H2,1-2H3,(H,30,32)/b25-10-. The molecule has 0 aromatic heterocycles. The van der Waals surface area contributed by atoms with Crippen molar-refractivity contribution >= 4 is 52.2 Å². The minimum Gasteiger partial charge on any atom is -0.484 e. The summed E-state index contributed by atoms with van der Waals surface area (Å²) in [6.07, 6.45) is 1.64. The summed E-state index contributed by atoms with van der Waals surface area (Å²) in [6.45, 7) is 3.87. The molecule has 5 rings (SSSR count). The molecule has 1 N–H and O–H groups in total. The highest BCUT2D eigenvalue weighted by Gasteiger charge is 2.35. The summed E-state index contributed by atoms with van der Waals surface area (Å²) < 4.78 is 16.3. The number of anilines is 1. The highest BCUT2D eigenvalue weighted by molar-refractivity contribution is 8.18. The van der Waals surface area contributed by atoms with Gasteiger partial charge in [-0.1, -0.05) is 35.9 Å². The van der Waals surface area contributed by atoms with Crippen LogP contribution in [0.25, 0.3) is 6.08 Å². The lowest BCUT2D eigenvalue weighted by Crippen LogP contribution is -2.27. The Labute approximate surface area is 228 Å². The number of ether oxygens (including phenoxy) is 3. The van der Waals surface area contributed by atoms with Crippen LogP contribution in [0.1, 0.15) is 22.3 Å². The minimum absolute atomic E-state index is 0.0222. The molecule has 1 saturated heterocycles. The van der Waals surface area contributed by atoms with Crippen LogP contribution in [0, 0.1) is 13.8 Å².